The number of thioether (sulfide) groups is 1. The molecule has 2 aromatic carbocycles. The number of anilines is 1. The molecule has 0 atom stereocenters. The molecule has 0 bridgehead atoms. The maximum atomic E-state index is 13.1. The summed E-state index contributed by atoms with van der Waals surface area (Å²) in [5, 5.41) is 10.5. The number of nitro groups is 1. The molecule has 2 N–H and O–H groups in total. The van der Waals surface area contributed by atoms with Crippen molar-refractivity contribution in [2.24, 2.45) is 0 Å². The quantitative estimate of drug-likeness (QED) is 0.401. The molecule has 0 heterocycles. The van der Waals surface area contributed by atoms with Crippen molar-refractivity contribution in [3.63, 3.8) is 0 Å². The fourth-order valence-corrected chi connectivity index (χ4v) is 2.45. The Morgan fingerprint density at radius 1 is 1.21 bits per heavy atom. The van der Waals surface area contributed by atoms with Gasteiger partial charge in [0.2, 0.25) is 0 Å². The maximum Gasteiger partial charge on any atom is 0.269 e. The van der Waals surface area contributed by atoms with E-state index in [2.05, 4.69) is 0 Å². The number of hydrogen-bond acceptors (Lipinski definition) is 4. The summed E-state index contributed by atoms with van der Waals surface area (Å²) >= 11 is 1.39. The third-order valence-corrected chi connectivity index (χ3v) is 3.66. The minimum atomic E-state index is -0.443. The van der Waals surface area contributed by atoms with Crippen LogP contribution in [0, 0.1) is 15.9 Å². The Hall–Kier alpha value is -2.08. The van der Waals surface area contributed by atoms with E-state index < -0.39 is 4.92 Å². The highest BCUT2D eigenvalue weighted by Crippen LogP contribution is 2.29. The predicted molar refractivity (Wildman–Crippen MR) is 73.5 cm³/mol. The van der Waals surface area contributed by atoms with E-state index in [1.54, 1.807) is 12.1 Å². The molecular formula is C13H11FN2O2S. The van der Waals surface area contributed by atoms with Crippen LogP contribution in [0.1, 0.15) is 5.56 Å². The molecule has 6 heteroatoms. The molecule has 0 saturated heterocycles. The largest absolute Gasteiger partial charge is 0.398 e. The molecule has 0 fully saturated rings. The normalized spacial score (nSPS) is 10.4. The fraction of sp³-hybridized carbons (Fsp3) is 0.0769. The number of non-ortho nitro benzene ring substituents is 1. The lowest BCUT2D eigenvalue weighted by atomic mass is 10.2. The van der Waals surface area contributed by atoms with Crippen LogP contribution >= 0.6 is 11.8 Å². The molecule has 98 valence electrons. The summed E-state index contributed by atoms with van der Waals surface area (Å²) in [7, 11) is 0. The Kier molecular flexibility index (Phi) is 4.01. The molecule has 0 aromatic heterocycles. The number of halogens is 1. The Morgan fingerprint density at radius 2 is 1.89 bits per heavy atom. The van der Waals surface area contributed by atoms with Gasteiger partial charge in [-0.1, -0.05) is 12.1 Å². The first-order valence-corrected chi connectivity index (χ1v) is 6.46. The van der Waals surface area contributed by atoms with Crippen LogP contribution in [-0.4, -0.2) is 4.92 Å². The first-order chi connectivity index (χ1) is 9.06. The SMILES string of the molecule is Nc1ccc(F)cc1SCc1ccc([N+](=O)[O-])cc1. The van der Waals surface area contributed by atoms with Gasteiger partial charge in [-0.3, -0.25) is 10.1 Å². The molecule has 0 saturated carbocycles. The van der Waals surface area contributed by atoms with Crippen molar-refractivity contribution in [1.29, 1.82) is 0 Å². The predicted octanol–water partition coefficient (Wildman–Crippen LogP) is 3.61. The zero-order chi connectivity index (χ0) is 13.8. The number of nitrogens with zero attached hydrogens (tertiary/aromatic N) is 1. The summed E-state index contributed by atoms with van der Waals surface area (Å²) in [6.07, 6.45) is 0. The van der Waals surface area contributed by atoms with E-state index in [9.17, 15) is 14.5 Å². The van der Waals surface area contributed by atoms with E-state index in [4.69, 9.17) is 5.73 Å². The molecule has 0 amide bonds. The molecule has 0 aliphatic rings. The highest BCUT2D eigenvalue weighted by molar-refractivity contribution is 7.98. The summed E-state index contributed by atoms with van der Waals surface area (Å²) in [6, 6.07) is 10.5. The molecule has 0 spiro atoms. The highest BCUT2D eigenvalue weighted by Gasteiger charge is 2.06. The first kappa shape index (κ1) is 13.4. The number of rotatable bonds is 4. The third-order valence-electron chi connectivity index (χ3n) is 2.52. The number of hydrogen-bond donors (Lipinski definition) is 1. The van der Waals surface area contributed by atoms with Crippen LogP contribution in [0.4, 0.5) is 15.8 Å². The minimum absolute atomic E-state index is 0.0546. The first-order valence-electron chi connectivity index (χ1n) is 5.47. The van der Waals surface area contributed by atoms with Crippen molar-refractivity contribution in [3.8, 4) is 0 Å². The van der Waals surface area contributed by atoms with Gasteiger partial charge in [0, 0.05) is 28.5 Å². The second-order valence-corrected chi connectivity index (χ2v) is 4.91. The van der Waals surface area contributed by atoms with E-state index in [1.807, 2.05) is 0 Å². The molecule has 0 radical (unpaired) electrons. The number of nitrogen functional groups attached to an aromatic ring is 1. The lowest BCUT2D eigenvalue weighted by Crippen LogP contribution is -1.91. The van der Waals surface area contributed by atoms with E-state index in [1.165, 1.54) is 42.1 Å². The Balaban J connectivity index is 2.06. The van der Waals surface area contributed by atoms with Gasteiger partial charge in [0.15, 0.2) is 0 Å². The van der Waals surface area contributed by atoms with Crippen molar-refractivity contribution in [2.45, 2.75) is 10.6 Å². The second-order valence-electron chi connectivity index (χ2n) is 3.89. The average Bonchev–Trinajstić information content (AvgIpc) is 2.40. The van der Waals surface area contributed by atoms with Gasteiger partial charge in [-0.15, -0.1) is 11.8 Å². The van der Waals surface area contributed by atoms with Crippen LogP contribution in [0.15, 0.2) is 47.4 Å². The van der Waals surface area contributed by atoms with E-state index in [-0.39, 0.29) is 11.5 Å². The van der Waals surface area contributed by atoms with Gasteiger partial charge in [0.1, 0.15) is 5.82 Å². The molecule has 0 unspecified atom stereocenters. The summed E-state index contributed by atoms with van der Waals surface area (Å²) < 4.78 is 13.1. The standard InChI is InChI=1S/C13H11FN2O2S/c14-10-3-6-12(15)13(7-10)19-8-9-1-4-11(5-2-9)16(17)18/h1-7H,8,15H2. The van der Waals surface area contributed by atoms with Gasteiger partial charge in [-0.05, 0) is 23.8 Å². The van der Waals surface area contributed by atoms with Gasteiger partial charge >= 0.3 is 0 Å². The van der Waals surface area contributed by atoms with Crippen molar-refractivity contribution in [1.82, 2.24) is 0 Å². The van der Waals surface area contributed by atoms with Crippen LogP contribution in [0.5, 0.6) is 0 Å². The molecule has 19 heavy (non-hydrogen) atoms. The lowest BCUT2D eigenvalue weighted by Gasteiger charge is -2.05. The van der Waals surface area contributed by atoms with Gasteiger partial charge < -0.3 is 5.73 Å². The number of benzene rings is 2. The van der Waals surface area contributed by atoms with Crippen molar-refractivity contribution >= 4 is 23.1 Å². The Morgan fingerprint density at radius 3 is 2.53 bits per heavy atom. The number of nitro benzene ring substituents is 1. The summed E-state index contributed by atoms with van der Waals surface area (Å²) in [5.74, 6) is 0.242. The summed E-state index contributed by atoms with van der Waals surface area (Å²) in [4.78, 5) is 10.7. The highest BCUT2D eigenvalue weighted by atomic mass is 32.2. The van der Waals surface area contributed by atoms with Crippen molar-refractivity contribution in [3.05, 3.63) is 64.0 Å². The third kappa shape index (κ3) is 3.45. The van der Waals surface area contributed by atoms with Crippen LogP contribution in [0.2, 0.25) is 0 Å². The summed E-state index contributed by atoms with van der Waals surface area (Å²) in [6.45, 7) is 0. The fourth-order valence-electron chi connectivity index (χ4n) is 1.51. The minimum Gasteiger partial charge on any atom is -0.398 e. The van der Waals surface area contributed by atoms with Crippen LogP contribution < -0.4 is 5.73 Å². The summed E-state index contributed by atoms with van der Waals surface area (Å²) in [5.41, 5.74) is 7.23. The van der Waals surface area contributed by atoms with Crippen molar-refractivity contribution < 1.29 is 9.31 Å². The van der Waals surface area contributed by atoms with E-state index in [0.29, 0.717) is 16.3 Å². The van der Waals surface area contributed by atoms with Crippen LogP contribution in [0.3, 0.4) is 0 Å². The van der Waals surface area contributed by atoms with E-state index >= 15 is 0 Å². The Labute approximate surface area is 113 Å². The monoisotopic (exact) mass is 278 g/mol. The van der Waals surface area contributed by atoms with Gasteiger partial charge in [-0.2, -0.15) is 0 Å². The molecular weight excluding hydrogens is 267 g/mol. The van der Waals surface area contributed by atoms with Crippen LogP contribution in [-0.2, 0) is 5.75 Å². The topological polar surface area (TPSA) is 69.2 Å². The van der Waals surface area contributed by atoms with Gasteiger partial charge in [0.05, 0.1) is 4.92 Å². The van der Waals surface area contributed by atoms with Gasteiger partial charge in [0.25, 0.3) is 5.69 Å². The molecule has 0 aliphatic carbocycles. The molecule has 2 rings (SSSR count). The Bertz CT molecular complexity index is 602. The van der Waals surface area contributed by atoms with Crippen molar-refractivity contribution in [2.75, 3.05) is 5.73 Å². The molecule has 0 aliphatic heterocycles. The number of nitrogens with two attached hydrogens (primary N) is 1. The lowest BCUT2D eigenvalue weighted by molar-refractivity contribution is -0.384. The molecule has 4 nitrogen and oxygen atoms in total. The van der Waals surface area contributed by atoms with Gasteiger partial charge in [-0.25, -0.2) is 4.39 Å². The smallest absolute Gasteiger partial charge is 0.269 e. The average molecular weight is 278 g/mol. The maximum absolute atomic E-state index is 13.1. The molecule has 2 aromatic rings. The zero-order valence-electron chi connectivity index (χ0n) is 9.88. The van der Waals surface area contributed by atoms with E-state index in [0.717, 1.165) is 5.56 Å². The van der Waals surface area contributed by atoms with Crippen LogP contribution in [0.25, 0.3) is 0 Å². The second kappa shape index (κ2) is 5.71. The zero-order valence-corrected chi connectivity index (χ0v) is 10.7.